The SMILES string of the molecule is CNC(c1ccnc(C)n1)c1cccc2c1OCCC2. The molecular weight excluding hydrogens is 250 g/mol. The molecule has 0 amide bonds. The lowest BCUT2D eigenvalue weighted by Gasteiger charge is -2.24. The summed E-state index contributed by atoms with van der Waals surface area (Å²) in [4.78, 5) is 8.71. The van der Waals surface area contributed by atoms with E-state index in [0.717, 1.165) is 42.3 Å². The Balaban J connectivity index is 2.06. The molecule has 4 heteroatoms. The molecule has 1 N–H and O–H groups in total. The van der Waals surface area contributed by atoms with Crippen LogP contribution in [0.5, 0.6) is 5.75 Å². The van der Waals surface area contributed by atoms with Gasteiger partial charge in [0.25, 0.3) is 0 Å². The van der Waals surface area contributed by atoms with Crippen molar-refractivity contribution < 1.29 is 4.74 Å². The number of aromatic nitrogens is 2. The van der Waals surface area contributed by atoms with Gasteiger partial charge in [0.1, 0.15) is 11.6 Å². The molecule has 1 unspecified atom stereocenters. The number of aryl methyl sites for hydroxylation is 2. The molecule has 2 aromatic rings. The van der Waals surface area contributed by atoms with E-state index in [-0.39, 0.29) is 6.04 Å². The lowest BCUT2D eigenvalue weighted by atomic mass is 9.96. The van der Waals surface area contributed by atoms with Crippen LogP contribution in [0.1, 0.15) is 35.1 Å². The Labute approximate surface area is 119 Å². The molecular formula is C16H19N3O. The monoisotopic (exact) mass is 269 g/mol. The van der Waals surface area contributed by atoms with Crippen molar-refractivity contribution in [2.24, 2.45) is 0 Å². The van der Waals surface area contributed by atoms with Gasteiger partial charge in [-0.3, -0.25) is 0 Å². The highest BCUT2D eigenvalue weighted by Crippen LogP contribution is 2.34. The number of hydrogen-bond acceptors (Lipinski definition) is 4. The van der Waals surface area contributed by atoms with E-state index < -0.39 is 0 Å². The quantitative estimate of drug-likeness (QED) is 0.929. The Morgan fingerprint density at radius 1 is 1.30 bits per heavy atom. The van der Waals surface area contributed by atoms with Gasteiger partial charge in [-0.25, -0.2) is 9.97 Å². The second-order valence-corrected chi connectivity index (χ2v) is 5.04. The van der Waals surface area contributed by atoms with Crippen LogP contribution in [0.2, 0.25) is 0 Å². The van der Waals surface area contributed by atoms with Crippen LogP contribution >= 0.6 is 0 Å². The number of hydrogen-bond donors (Lipinski definition) is 1. The first kappa shape index (κ1) is 13.1. The summed E-state index contributed by atoms with van der Waals surface area (Å²) in [7, 11) is 1.95. The van der Waals surface area contributed by atoms with Gasteiger partial charge in [-0.05, 0) is 38.4 Å². The van der Waals surface area contributed by atoms with Gasteiger partial charge in [-0.15, -0.1) is 0 Å². The third-order valence-electron chi connectivity index (χ3n) is 3.66. The molecule has 0 bridgehead atoms. The predicted molar refractivity (Wildman–Crippen MR) is 77.9 cm³/mol. The maximum Gasteiger partial charge on any atom is 0.127 e. The van der Waals surface area contributed by atoms with E-state index in [1.165, 1.54) is 5.56 Å². The summed E-state index contributed by atoms with van der Waals surface area (Å²) in [5.74, 6) is 1.81. The van der Waals surface area contributed by atoms with E-state index in [1.54, 1.807) is 6.20 Å². The summed E-state index contributed by atoms with van der Waals surface area (Å²) in [6.45, 7) is 2.70. The van der Waals surface area contributed by atoms with Gasteiger partial charge >= 0.3 is 0 Å². The molecule has 0 radical (unpaired) electrons. The number of nitrogens with zero attached hydrogens (tertiary/aromatic N) is 2. The highest BCUT2D eigenvalue weighted by Gasteiger charge is 2.22. The molecule has 0 aliphatic carbocycles. The molecule has 104 valence electrons. The molecule has 0 fully saturated rings. The number of para-hydroxylation sites is 1. The van der Waals surface area contributed by atoms with Crippen molar-refractivity contribution in [1.29, 1.82) is 0 Å². The van der Waals surface area contributed by atoms with E-state index in [1.807, 2.05) is 20.0 Å². The molecule has 20 heavy (non-hydrogen) atoms. The normalized spacial score (nSPS) is 15.3. The van der Waals surface area contributed by atoms with E-state index in [9.17, 15) is 0 Å². The van der Waals surface area contributed by atoms with Crippen LogP contribution in [0.3, 0.4) is 0 Å². The van der Waals surface area contributed by atoms with Gasteiger partial charge in [0.2, 0.25) is 0 Å². The average molecular weight is 269 g/mol. The minimum Gasteiger partial charge on any atom is -0.493 e. The van der Waals surface area contributed by atoms with E-state index in [2.05, 4.69) is 33.5 Å². The molecule has 1 aromatic carbocycles. The van der Waals surface area contributed by atoms with Crippen molar-refractivity contribution in [2.45, 2.75) is 25.8 Å². The predicted octanol–water partition coefficient (Wildman–Crippen LogP) is 2.42. The van der Waals surface area contributed by atoms with Crippen LogP contribution in [0, 0.1) is 6.92 Å². The Kier molecular flexibility index (Phi) is 3.65. The van der Waals surface area contributed by atoms with Gasteiger partial charge in [0, 0.05) is 11.8 Å². The molecule has 4 nitrogen and oxygen atoms in total. The minimum absolute atomic E-state index is 0.0322. The first-order valence-corrected chi connectivity index (χ1v) is 7.01. The number of fused-ring (bicyclic) bond motifs is 1. The van der Waals surface area contributed by atoms with Gasteiger partial charge in [0.05, 0.1) is 18.3 Å². The second kappa shape index (κ2) is 5.59. The zero-order valence-electron chi connectivity index (χ0n) is 11.9. The zero-order chi connectivity index (χ0) is 13.9. The van der Waals surface area contributed by atoms with E-state index in [4.69, 9.17) is 4.74 Å². The Bertz CT molecular complexity index is 612. The molecule has 1 atom stereocenters. The molecule has 0 spiro atoms. The largest absolute Gasteiger partial charge is 0.493 e. The maximum atomic E-state index is 5.91. The van der Waals surface area contributed by atoms with Crippen molar-refractivity contribution in [3.05, 3.63) is 53.1 Å². The van der Waals surface area contributed by atoms with Gasteiger partial charge in [-0.1, -0.05) is 18.2 Å². The molecule has 1 aliphatic heterocycles. The van der Waals surface area contributed by atoms with Crippen molar-refractivity contribution in [1.82, 2.24) is 15.3 Å². The number of nitrogens with one attached hydrogen (secondary N) is 1. The molecule has 0 saturated heterocycles. The van der Waals surface area contributed by atoms with Crippen LogP contribution in [0.15, 0.2) is 30.5 Å². The van der Waals surface area contributed by atoms with Crippen LogP contribution < -0.4 is 10.1 Å². The Morgan fingerprint density at radius 3 is 3.00 bits per heavy atom. The van der Waals surface area contributed by atoms with Crippen molar-refractivity contribution in [3.63, 3.8) is 0 Å². The van der Waals surface area contributed by atoms with Crippen molar-refractivity contribution in [3.8, 4) is 5.75 Å². The van der Waals surface area contributed by atoms with Gasteiger partial charge < -0.3 is 10.1 Å². The molecule has 1 aliphatic rings. The zero-order valence-corrected chi connectivity index (χ0v) is 11.9. The molecule has 1 aromatic heterocycles. The smallest absolute Gasteiger partial charge is 0.127 e. The summed E-state index contributed by atoms with van der Waals surface area (Å²) < 4.78 is 5.91. The fourth-order valence-electron chi connectivity index (χ4n) is 2.74. The van der Waals surface area contributed by atoms with Crippen LogP contribution in [0.25, 0.3) is 0 Å². The lowest BCUT2D eigenvalue weighted by molar-refractivity contribution is 0.283. The Hall–Kier alpha value is -1.94. The summed E-state index contributed by atoms with van der Waals surface area (Å²) >= 11 is 0. The fraction of sp³-hybridized carbons (Fsp3) is 0.375. The highest BCUT2D eigenvalue weighted by atomic mass is 16.5. The van der Waals surface area contributed by atoms with E-state index >= 15 is 0 Å². The molecule has 2 heterocycles. The minimum atomic E-state index is 0.0322. The summed E-state index contributed by atoms with van der Waals surface area (Å²) in [5, 5.41) is 3.34. The van der Waals surface area contributed by atoms with Gasteiger partial charge in [-0.2, -0.15) is 0 Å². The first-order chi connectivity index (χ1) is 9.79. The Morgan fingerprint density at radius 2 is 2.20 bits per heavy atom. The summed E-state index contributed by atoms with van der Waals surface area (Å²) in [6, 6.07) is 8.35. The number of rotatable bonds is 3. The highest BCUT2D eigenvalue weighted by molar-refractivity contribution is 5.46. The summed E-state index contributed by atoms with van der Waals surface area (Å²) in [5.41, 5.74) is 3.42. The standard InChI is InChI=1S/C16H19N3O/c1-11-18-9-8-14(19-11)15(17-2)13-7-3-5-12-6-4-10-20-16(12)13/h3,5,7-9,15,17H,4,6,10H2,1-2H3. The number of benzene rings is 1. The maximum absolute atomic E-state index is 5.91. The summed E-state index contributed by atoms with van der Waals surface area (Å²) in [6.07, 6.45) is 3.98. The van der Waals surface area contributed by atoms with Gasteiger partial charge in [0.15, 0.2) is 0 Å². The topological polar surface area (TPSA) is 47.0 Å². The lowest BCUT2D eigenvalue weighted by Crippen LogP contribution is -2.22. The van der Waals surface area contributed by atoms with Crippen LogP contribution in [-0.4, -0.2) is 23.6 Å². The van der Waals surface area contributed by atoms with Crippen molar-refractivity contribution >= 4 is 0 Å². The fourth-order valence-corrected chi connectivity index (χ4v) is 2.74. The third-order valence-corrected chi connectivity index (χ3v) is 3.66. The van der Waals surface area contributed by atoms with E-state index in [0.29, 0.717) is 0 Å². The number of ether oxygens (including phenoxy) is 1. The first-order valence-electron chi connectivity index (χ1n) is 7.01. The second-order valence-electron chi connectivity index (χ2n) is 5.04. The molecule has 0 saturated carbocycles. The van der Waals surface area contributed by atoms with Crippen molar-refractivity contribution in [2.75, 3.05) is 13.7 Å². The van der Waals surface area contributed by atoms with Crippen LogP contribution in [-0.2, 0) is 6.42 Å². The third kappa shape index (κ3) is 2.39. The molecule has 3 rings (SSSR count). The average Bonchev–Trinajstić information content (AvgIpc) is 2.48. The van der Waals surface area contributed by atoms with Crippen LogP contribution in [0.4, 0.5) is 0 Å².